The maximum Gasteiger partial charge on any atom is 0.410 e. The lowest BCUT2D eigenvalue weighted by molar-refractivity contribution is 0.0253. The largest absolute Gasteiger partial charge is 0.444 e. The van der Waals surface area contributed by atoms with Gasteiger partial charge in [0.05, 0.1) is 5.01 Å². The molecule has 0 bridgehead atoms. The van der Waals surface area contributed by atoms with Crippen molar-refractivity contribution in [2.75, 3.05) is 33.2 Å². The molecule has 1 aromatic heterocycles. The average Bonchev–Trinajstić information content (AvgIpc) is 3.06. The lowest BCUT2D eigenvalue weighted by Gasteiger charge is -2.27. The summed E-state index contributed by atoms with van der Waals surface area (Å²) in [6, 6.07) is 0. The molecule has 0 aliphatic heterocycles. The van der Waals surface area contributed by atoms with Crippen molar-refractivity contribution in [1.29, 1.82) is 0 Å². The quantitative estimate of drug-likeness (QED) is 0.292. The van der Waals surface area contributed by atoms with Gasteiger partial charge < -0.3 is 20.3 Å². The maximum absolute atomic E-state index is 12.3. The minimum atomic E-state index is -0.485. The predicted octanol–water partition coefficient (Wildman–Crippen LogP) is 3.68. The van der Waals surface area contributed by atoms with Gasteiger partial charge >= 0.3 is 6.09 Å². The highest BCUT2D eigenvalue weighted by Gasteiger charge is 2.21. The number of aryl methyl sites for hydroxylation is 1. The molecule has 162 valence electrons. The molecule has 28 heavy (non-hydrogen) atoms. The monoisotopic (exact) mass is 525 g/mol. The molecule has 0 unspecified atom stereocenters. The second kappa shape index (κ2) is 14.0. The van der Waals surface area contributed by atoms with E-state index in [0.717, 1.165) is 36.8 Å². The molecule has 7 nitrogen and oxygen atoms in total. The van der Waals surface area contributed by atoms with Gasteiger partial charge in [-0.05, 0) is 33.6 Å². The Morgan fingerprint density at radius 3 is 2.46 bits per heavy atom. The molecular formula is C19H36IN5O2S. The zero-order chi connectivity index (χ0) is 20.3. The van der Waals surface area contributed by atoms with Crippen molar-refractivity contribution in [2.45, 2.75) is 59.5 Å². The summed E-state index contributed by atoms with van der Waals surface area (Å²) in [5.41, 5.74) is -0.485. The third-order valence-electron chi connectivity index (χ3n) is 3.62. The highest BCUT2D eigenvalue weighted by molar-refractivity contribution is 14.0. The second-order valence-electron chi connectivity index (χ2n) is 7.22. The van der Waals surface area contributed by atoms with Crippen molar-refractivity contribution in [3.05, 3.63) is 16.1 Å². The predicted molar refractivity (Wildman–Crippen MR) is 128 cm³/mol. The molecular weight excluding hydrogens is 489 g/mol. The average molecular weight is 526 g/mol. The minimum Gasteiger partial charge on any atom is -0.444 e. The van der Waals surface area contributed by atoms with Crippen LogP contribution in [0.3, 0.4) is 0 Å². The smallest absolute Gasteiger partial charge is 0.410 e. The van der Waals surface area contributed by atoms with E-state index in [1.54, 1.807) is 23.3 Å². The molecule has 1 rings (SSSR count). The fraction of sp³-hybridized carbons (Fsp3) is 0.737. The normalized spacial score (nSPS) is 11.6. The minimum absolute atomic E-state index is 0. The van der Waals surface area contributed by atoms with E-state index in [9.17, 15) is 4.79 Å². The van der Waals surface area contributed by atoms with Crippen LogP contribution >= 0.6 is 35.3 Å². The third kappa shape index (κ3) is 11.0. The van der Waals surface area contributed by atoms with Crippen molar-refractivity contribution in [3.63, 3.8) is 0 Å². The van der Waals surface area contributed by atoms with Crippen LogP contribution in [0.2, 0.25) is 0 Å². The summed E-state index contributed by atoms with van der Waals surface area (Å²) >= 11 is 1.76. The molecule has 1 heterocycles. The van der Waals surface area contributed by atoms with Crippen molar-refractivity contribution < 1.29 is 9.53 Å². The van der Waals surface area contributed by atoms with Crippen LogP contribution in [0.25, 0.3) is 0 Å². The van der Waals surface area contributed by atoms with Gasteiger partial charge in [0.15, 0.2) is 5.96 Å². The number of hydrogen-bond donors (Lipinski definition) is 2. The number of thiazole rings is 1. The molecule has 0 aliphatic rings. The molecule has 1 amide bonds. The van der Waals surface area contributed by atoms with Gasteiger partial charge in [0, 0.05) is 50.7 Å². The number of halogens is 1. The van der Waals surface area contributed by atoms with Crippen LogP contribution in [-0.2, 0) is 17.6 Å². The Labute approximate surface area is 190 Å². The van der Waals surface area contributed by atoms with Crippen LogP contribution in [0.1, 0.15) is 50.9 Å². The second-order valence-corrected chi connectivity index (χ2v) is 8.42. The number of nitrogens with zero attached hydrogens (tertiary/aromatic N) is 3. The number of amides is 1. The van der Waals surface area contributed by atoms with E-state index < -0.39 is 5.60 Å². The molecule has 1 aromatic rings. The van der Waals surface area contributed by atoms with Gasteiger partial charge in [-0.1, -0.05) is 13.8 Å². The summed E-state index contributed by atoms with van der Waals surface area (Å²) in [5, 5.41) is 7.67. The molecule has 0 saturated heterocycles. The summed E-state index contributed by atoms with van der Waals surface area (Å²) in [5.74, 6) is 0.725. The SMILES string of the molecule is CCCN(CCNC(=NC)NCCc1ncc(CC)s1)C(=O)OC(C)(C)C.I. The zero-order valence-electron chi connectivity index (χ0n) is 18.0. The summed E-state index contributed by atoms with van der Waals surface area (Å²) in [7, 11) is 1.74. The Bertz CT molecular complexity index is 601. The highest BCUT2D eigenvalue weighted by atomic mass is 127. The Morgan fingerprint density at radius 1 is 1.25 bits per heavy atom. The highest BCUT2D eigenvalue weighted by Crippen LogP contribution is 2.13. The number of hydrogen-bond acceptors (Lipinski definition) is 5. The number of rotatable bonds is 9. The molecule has 0 aliphatic carbocycles. The van der Waals surface area contributed by atoms with Gasteiger partial charge in [-0.25, -0.2) is 9.78 Å². The van der Waals surface area contributed by atoms with E-state index in [2.05, 4.69) is 27.5 Å². The first-order valence-corrected chi connectivity index (χ1v) is 10.5. The summed E-state index contributed by atoms with van der Waals surface area (Å²) in [6.07, 6.45) is 4.46. The fourth-order valence-electron chi connectivity index (χ4n) is 2.34. The number of nitrogens with one attached hydrogen (secondary N) is 2. The molecule has 0 fully saturated rings. The number of aromatic nitrogens is 1. The Balaban J connectivity index is 0.00000729. The number of carbonyl (C=O) groups is 1. The first-order valence-electron chi connectivity index (χ1n) is 9.65. The summed E-state index contributed by atoms with van der Waals surface area (Å²) in [6.45, 7) is 12.4. The standard InChI is InChI=1S/C19H35N5O2S.HI/c1-7-12-24(18(25)26-19(3,4)5)13-11-22-17(20-6)21-10-9-16-23-14-15(8-2)27-16;/h14H,7-13H2,1-6H3,(H2,20,21,22);1H. The van der Waals surface area contributed by atoms with Crippen LogP contribution in [0.5, 0.6) is 0 Å². The van der Waals surface area contributed by atoms with E-state index in [1.807, 2.05) is 33.9 Å². The van der Waals surface area contributed by atoms with Crippen LogP contribution in [0.4, 0.5) is 4.79 Å². The first-order chi connectivity index (χ1) is 12.8. The van der Waals surface area contributed by atoms with Crippen molar-refractivity contribution in [1.82, 2.24) is 20.5 Å². The van der Waals surface area contributed by atoms with Gasteiger partial charge in [0.25, 0.3) is 0 Å². The fourth-order valence-corrected chi connectivity index (χ4v) is 3.20. The molecule has 0 saturated carbocycles. The van der Waals surface area contributed by atoms with Gasteiger partial charge in [-0.3, -0.25) is 4.99 Å². The van der Waals surface area contributed by atoms with Crippen molar-refractivity contribution in [3.8, 4) is 0 Å². The zero-order valence-corrected chi connectivity index (χ0v) is 21.1. The molecule has 2 N–H and O–H groups in total. The summed E-state index contributed by atoms with van der Waals surface area (Å²) < 4.78 is 5.47. The number of carbonyl (C=O) groups excluding carboxylic acids is 1. The van der Waals surface area contributed by atoms with E-state index >= 15 is 0 Å². The van der Waals surface area contributed by atoms with Gasteiger partial charge in [-0.15, -0.1) is 35.3 Å². The first kappa shape index (κ1) is 26.9. The van der Waals surface area contributed by atoms with Crippen LogP contribution in [0, 0.1) is 0 Å². The molecule has 0 radical (unpaired) electrons. The third-order valence-corrected chi connectivity index (χ3v) is 4.83. The van der Waals surface area contributed by atoms with Crippen molar-refractivity contribution in [2.24, 2.45) is 4.99 Å². The van der Waals surface area contributed by atoms with Crippen LogP contribution in [-0.4, -0.2) is 60.8 Å². The van der Waals surface area contributed by atoms with Crippen LogP contribution in [0.15, 0.2) is 11.2 Å². The molecule has 0 atom stereocenters. The lowest BCUT2D eigenvalue weighted by atomic mass is 10.2. The van der Waals surface area contributed by atoms with Gasteiger partial charge in [-0.2, -0.15) is 0 Å². The van der Waals surface area contributed by atoms with E-state index in [4.69, 9.17) is 4.74 Å². The number of ether oxygens (including phenoxy) is 1. The van der Waals surface area contributed by atoms with Crippen molar-refractivity contribution >= 4 is 47.4 Å². The van der Waals surface area contributed by atoms with Crippen LogP contribution < -0.4 is 10.6 Å². The molecule has 0 spiro atoms. The Kier molecular flexibility index (Phi) is 13.4. The van der Waals surface area contributed by atoms with E-state index in [1.165, 1.54) is 4.88 Å². The molecule has 9 heteroatoms. The topological polar surface area (TPSA) is 78.9 Å². The van der Waals surface area contributed by atoms with Gasteiger partial charge in [0.1, 0.15) is 5.60 Å². The maximum atomic E-state index is 12.3. The summed E-state index contributed by atoms with van der Waals surface area (Å²) in [4.78, 5) is 24.0. The van der Waals surface area contributed by atoms with E-state index in [0.29, 0.717) is 19.6 Å². The van der Waals surface area contributed by atoms with Gasteiger partial charge in [0.2, 0.25) is 0 Å². The Morgan fingerprint density at radius 2 is 1.93 bits per heavy atom. The number of aliphatic imine (C=N–C) groups is 1. The Hall–Kier alpha value is -1.10. The van der Waals surface area contributed by atoms with E-state index in [-0.39, 0.29) is 30.1 Å². The number of guanidine groups is 1. The molecule has 0 aromatic carbocycles. The lowest BCUT2D eigenvalue weighted by Crippen LogP contribution is -2.45.